The van der Waals surface area contributed by atoms with Gasteiger partial charge in [0.05, 0.1) is 0 Å². The van der Waals surface area contributed by atoms with E-state index in [2.05, 4.69) is 15.6 Å². The smallest absolute Gasteiger partial charge is 0.269 e. The molecule has 1 fully saturated rings. The summed E-state index contributed by atoms with van der Waals surface area (Å²) in [6.07, 6.45) is 2.23. The minimum atomic E-state index is -0.406. The Balaban J connectivity index is 1.74. The van der Waals surface area contributed by atoms with Crippen LogP contribution < -0.4 is 16.4 Å². The van der Waals surface area contributed by atoms with Gasteiger partial charge in [0.2, 0.25) is 0 Å². The molecule has 7 heteroatoms. The van der Waals surface area contributed by atoms with Gasteiger partial charge in [0.15, 0.2) is 5.13 Å². The molecule has 0 radical (unpaired) electrons. The molecular weight excluding hydrogens is 279 g/mol. The summed E-state index contributed by atoms with van der Waals surface area (Å²) in [5.74, 6) is -0.599. The van der Waals surface area contributed by atoms with Crippen LogP contribution in [0.4, 0.5) is 21.0 Å². The van der Waals surface area contributed by atoms with Crippen molar-refractivity contribution < 1.29 is 9.18 Å². The van der Waals surface area contributed by atoms with Crippen LogP contribution in [0.5, 0.6) is 0 Å². The Kier molecular flexibility index (Phi) is 3.27. The molecule has 104 valence electrons. The molecule has 1 saturated carbocycles. The fourth-order valence-electron chi connectivity index (χ4n) is 1.71. The summed E-state index contributed by atoms with van der Waals surface area (Å²) < 4.78 is 13.1. The van der Waals surface area contributed by atoms with Crippen LogP contribution in [-0.4, -0.2) is 16.9 Å². The molecule has 0 bridgehead atoms. The number of anilines is 3. The predicted molar refractivity (Wildman–Crippen MR) is 77.5 cm³/mol. The molecule has 0 unspecified atom stereocenters. The molecule has 0 saturated heterocycles. The summed E-state index contributed by atoms with van der Waals surface area (Å²) >= 11 is 1.21. The minimum absolute atomic E-state index is 0.187. The zero-order chi connectivity index (χ0) is 14.1. The van der Waals surface area contributed by atoms with Crippen LogP contribution in [0.25, 0.3) is 0 Å². The number of amides is 1. The zero-order valence-corrected chi connectivity index (χ0v) is 11.3. The van der Waals surface area contributed by atoms with Gasteiger partial charge in [0.1, 0.15) is 16.5 Å². The molecule has 2 aromatic rings. The van der Waals surface area contributed by atoms with Crippen LogP contribution >= 0.6 is 11.3 Å². The van der Waals surface area contributed by atoms with Gasteiger partial charge in [-0.15, -0.1) is 0 Å². The number of thiazole rings is 1. The van der Waals surface area contributed by atoms with Crippen LogP contribution in [0.2, 0.25) is 0 Å². The maximum absolute atomic E-state index is 13.1. The van der Waals surface area contributed by atoms with E-state index in [0.717, 1.165) is 12.8 Å². The number of halogens is 1. The van der Waals surface area contributed by atoms with E-state index in [1.54, 1.807) is 6.07 Å². The highest BCUT2D eigenvalue weighted by atomic mass is 32.1. The van der Waals surface area contributed by atoms with E-state index < -0.39 is 5.82 Å². The SMILES string of the molecule is Nc1nc(NC2CC2)sc1C(=O)Nc1cccc(F)c1. The van der Waals surface area contributed by atoms with Crippen molar-refractivity contribution >= 4 is 33.9 Å². The molecule has 0 spiro atoms. The van der Waals surface area contributed by atoms with Gasteiger partial charge < -0.3 is 16.4 Å². The maximum atomic E-state index is 13.1. The standard InChI is InChI=1S/C13H13FN4OS/c14-7-2-1-3-9(6-7)16-12(19)10-11(15)18-13(20-10)17-8-4-5-8/h1-3,6,8H,4-5,15H2,(H,16,19)(H,17,18). The van der Waals surface area contributed by atoms with Gasteiger partial charge in [-0.2, -0.15) is 0 Å². The largest absolute Gasteiger partial charge is 0.382 e. The number of aromatic nitrogens is 1. The van der Waals surface area contributed by atoms with Gasteiger partial charge >= 0.3 is 0 Å². The second-order valence-corrected chi connectivity index (χ2v) is 5.62. The lowest BCUT2D eigenvalue weighted by atomic mass is 10.3. The molecule has 0 aliphatic heterocycles. The van der Waals surface area contributed by atoms with E-state index in [0.29, 0.717) is 21.7 Å². The third kappa shape index (κ3) is 2.88. The van der Waals surface area contributed by atoms with E-state index in [-0.39, 0.29) is 11.7 Å². The zero-order valence-electron chi connectivity index (χ0n) is 10.5. The third-order valence-electron chi connectivity index (χ3n) is 2.85. The summed E-state index contributed by atoms with van der Waals surface area (Å²) in [6.45, 7) is 0. The van der Waals surface area contributed by atoms with Crippen molar-refractivity contribution in [1.82, 2.24) is 4.98 Å². The highest BCUT2D eigenvalue weighted by Crippen LogP contribution is 2.30. The number of carbonyl (C=O) groups is 1. The van der Waals surface area contributed by atoms with Crippen LogP contribution in [-0.2, 0) is 0 Å². The van der Waals surface area contributed by atoms with Crippen LogP contribution in [0, 0.1) is 5.82 Å². The summed E-state index contributed by atoms with van der Waals surface area (Å²) in [5.41, 5.74) is 6.13. The number of hydrogen-bond acceptors (Lipinski definition) is 5. The van der Waals surface area contributed by atoms with E-state index in [4.69, 9.17) is 5.73 Å². The number of nitrogens with zero attached hydrogens (tertiary/aromatic N) is 1. The first-order chi connectivity index (χ1) is 9.61. The molecule has 5 nitrogen and oxygen atoms in total. The Morgan fingerprint density at radius 3 is 2.95 bits per heavy atom. The van der Waals surface area contributed by atoms with Gasteiger partial charge in [0, 0.05) is 11.7 Å². The van der Waals surface area contributed by atoms with Crippen molar-refractivity contribution in [2.75, 3.05) is 16.4 Å². The van der Waals surface area contributed by atoms with E-state index >= 15 is 0 Å². The number of rotatable bonds is 4. The van der Waals surface area contributed by atoms with Crippen molar-refractivity contribution in [3.63, 3.8) is 0 Å². The highest BCUT2D eigenvalue weighted by Gasteiger charge is 2.24. The van der Waals surface area contributed by atoms with Crippen LogP contribution in [0.3, 0.4) is 0 Å². The second-order valence-electron chi connectivity index (χ2n) is 4.62. The molecule has 1 aliphatic rings. The molecular formula is C13H13FN4OS. The summed E-state index contributed by atoms with van der Waals surface area (Å²) in [5, 5.41) is 6.45. The Hall–Kier alpha value is -2.15. The van der Waals surface area contributed by atoms with E-state index in [1.165, 1.54) is 29.5 Å². The predicted octanol–water partition coefficient (Wildman–Crippen LogP) is 2.69. The number of nitrogens with one attached hydrogen (secondary N) is 2. The quantitative estimate of drug-likeness (QED) is 0.809. The second kappa shape index (κ2) is 5.09. The summed E-state index contributed by atoms with van der Waals surface area (Å²) in [7, 11) is 0. The van der Waals surface area contributed by atoms with Crippen molar-refractivity contribution in [3.8, 4) is 0 Å². The number of nitrogen functional groups attached to an aromatic ring is 1. The fraction of sp³-hybridized carbons (Fsp3) is 0.231. The van der Waals surface area contributed by atoms with Gasteiger partial charge in [-0.3, -0.25) is 4.79 Å². The molecule has 20 heavy (non-hydrogen) atoms. The first kappa shape index (κ1) is 12.9. The molecule has 1 aromatic carbocycles. The van der Waals surface area contributed by atoms with Crippen molar-refractivity contribution in [2.45, 2.75) is 18.9 Å². The number of hydrogen-bond donors (Lipinski definition) is 3. The fourth-order valence-corrected chi connectivity index (χ4v) is 2.57. The van der Waals surface area contributed by atoms with Crippen molar-refractivity contribution in [1.29, 1.82) is 0 Å². The van der Waals surface area contributed by atoms with Gasteiger partial charge in [-0.25, -0.2) is 9.37 Å². The number of nitrogens with two attached hydrogens (primary N) is 1. The molecule has 4 N–H and O–H groups in total. The molecule has 1 heterocycles. The third-order valence-corrected chi connectivity index (χ3v) is 3.85. The lowest BCUT2D eigenvalue weighted by Crippen LogP contribution is -2.12. The van der Waals surface area contributed by atoms with Crippen molar-refractivity contribution in [3.05, 3.63) is 35.0 Å². The molecule has 3 rings (SSSR count). The summed E-state index contributed by atoms with van der Waals surface area (Å²) in [6, 6.07) is 6.15. The first-order valence-electron chi connectivity index (χ1n) is 6.21. The van der Waals surface area contributed by atoms with E-state index in [9.17, 15) is 9.18 Å². The lowest BCUT2D eigenvalue weighted by molar-refractivity contribution is 0.103. The Morgan fingerprint density at radius 1 is 1.45 bits per heavy atom. The maximum Gasteiger partial charge on any atom is 0.269 e. The minimum Gasteiger partial charge on any atom is -0.382 e. The van der Waals surface area contributed by atoms with Crippen molar-refractivity contribution in [2.24, 2.45) is 0 Å². The lowest BCUT2D eigenvalue weighted by Gasteiger charge is -2.03. The average Bonchev–Trinajstić information content (AvgIpc) is 3.11. The molecule has 1 aromatic heterocycles. The Bertz CT molecular complexity index is 654. The summed E-state index contributed by atoms with van der Waals surface area (Å²) in [4.78, 5) is 16.5. The van der Waals surface area contributed by atoms with E-state index in [1.807, 2.05) is 0 Å². The first-order valence-corrected chi connectivity index (χ1v) is 7.03. The number of benzene rings is 1. The molecule has 1 aliphatic carbocycles. The van der Waals surface area contributed by atoms with Crippen LogP contribution in [0.15, 0.2) is 24.3 Å². The molecule has 0 atom stereocenters. The topological polar surface area (TPSA) is 80.0 Å². The Morgan fingerprint density at radius 2 is 2.25 bits per heavy atom. The Labute approximate surface area is 119 Å². The van der Waals surface area contributed by atoms with Gasteiger partial charge in [-0.05, 0) is 31.0 Å². The number of carbonyl (C=O) groups excluding carboxylic acids is 1. The monoisotopic (exact) mass is 292 g/mol. The molecule has 1 amide bonds. The van der Waals surface area contributed by atoms with Gasteiger partial charge in [0.25, 0.3) is 5.91 Å². The highest BCUT2D eigenvalue weighted by molar-refractivity contribution is 7.18. The van der Waals surface area contributed by atoms with Crippen LogP contribution in [0.1, 0.15) is 22.5 Å². The average molecular weight is 292 g/mol. The normalized spacial score (nSPS) is 14.1. The van der Waals surface area contributed by atoms with Gasteiger partial charge in [-0.1, -0.05) is 17.4 Å².